The van der Waals surface area contributed by atoms with Crippen LogP contribution >= 0.6 is 0 Å². The number of aromatic nitrogens is 2. The molecule has 8 aromatic rings. The van der Waals surface area contributed by atoms with Gasteiger partial charge in [0.2, 0.25) is 5.88 Å². The van der Waals surface area contributed by atoms with E-state index in [-0.39, 0.29) is 0 Å². The molecule has 0 fully saturated rings. The van der Waals surface area contributed by atoms with Crippen molar-refractivity contribution in [2.45, 2.75) is 0 Å². The van der Waals surface area contributed by atoms with Gasteiger partial charge in [-0.05, 0) is 48.5 Å². The highest BCUT2D eigenvalue weighted by Crippen LogP contribution is 2.43. The number of furan rings is 1. The molecule has 39 heavy (non-hydrogen) atoms. The third kappa shape index (κ3) is 3.04. The molecule has 3 heterocycles. The van der Waals surface area contributed by atoms with Crippen LogP contribution in [0.25, 0.3) is 72.2 Å². The summed E-state index contributed by atoms with van der Waals surface area (Å²) in [5.41, 5.74) is 7.68. The molecule has 0 saturated heterocycles. The predicted molar refractivity (Wildman–Crippen MR) is 164 cm³/mol. The smallest absolute Gasteiger partial charge is 0.213 e. The minimum Gasteiger partial charge on any atom is -0.439 e. The van der Waals surface area contributed by atoms with Crippen LogP contribution in [-0.4, -0.2) is 9.13 Å². The minimum absolute atomic E-state index is 0.812. The Balaban J connectivity index is 1.58. The molecule has 0 unspecified atom stereocenters. The molecular weight excluding hydrogens is 476 g/mol. The molecule has 0 aliphatic carbocycles. The number of allylic oxidation sites excluding steroid dienone is 2. The highest BCUT2D eigenvalue weighted by Gasteiger charge is 2.23. The van der Waals surface area contributed by atoms with E-state index in [1.807, 2.05) is 18.2 Å². The first-order chi connectivity index (χ1) is 19.3. The van der Waals surface area contributed by atoms with Crippen molar-refractivity contribution in [1.29, 1.82) is 0 Å². The Bertz CT molecular complexity index is 2240. The molecule has 3 heteroatoms. The fraction of sp³-hybridized carbons (Fsp3) is 0. The Morgan fingerprint density at radius 1 is 0.538 bits per heavy atom. The first kappa shape index (κ1) is 21.8. The first-order valence-corrected chi connectivity index (χ1v) is 13.2. The van der Waals surface area contributed by atoms with E-state index in [0.717, 1.165) is 39.1 Å². The fourth-order valence-electron chi connectivity index (χ4n) is 6.14. The molecule has 3 aromatic heterocycles. The van der Waals surface area contributed by atoms with E-state index < -0.39 is 0 Å². The third-order valence-corrected chi connectivity index (χ3v) is 7.70. The van der Waals surface area contributed by atoms with E-state index in [1.54, 1.807) is 6.08 Å². The standard InChI is InChI=1S/C36H24N2O/c1-2-3-15-26-25-16-9-12-21-33(25)39-36(26)38-30-20-11-8-18-28(30)35-32(38)23-22-31-34(35)27-17-7-10-19-29(27)37(31)24-13-5-4-6-14-24/h2-23H,1H2/b15-3-. The Hall–Kier alpha value is -5.28. The van der Waals surface area contributed by atoms with Crippen LogP contribution < -0.4 is 0 Å². The summed E-state index contributed by atoms with van der Waals surface area (Å²) < 4.78 is 11.3. The molecule has 0 spiro atoms. The summed E-state index contributed by atoms with van der Waals surface area (Å²) in [6.45, 7) is 3.90. The van der Waals surface area contributed by atoms with E-state index in [4.69, 9.17) is 4.42 Å². The zero-order valence-electron chi connectivity index (χ0n) is 21.2. The Labute approximate surface area is 225 Å². The maximum Gasteiger partial charge on any atom is 0.213 e. The molecule has 3 nitrogen and oxygen atoms in total. The zero-order valence-corrected chi connectivity index (χ0v) is 21.2. The monoisotopic (exact) mass is 500 g/mol. The van der Waals surface area contributed by atoms with Crippen LogP contribution in [0.4, 0.5) is 0 Å². The van der Waals surface area contributed by atoms with E-state index in [1.165, 1.54) is 32.6 Å². The summed E-state index contributed by atoms with van der Waals surface area (Å²) in [6.07, 6.45) is 5.87. The van der Waals surface area contributed by atoms with Crippen molar-refractivity contribution in [1.82, 2.24) is 9.13 Å². The van der Waals surface area contributed by atoms with Crippen molar-refractivity contribution in [3.8, 4) is 11.6 Å². The van der Waals surface area contributed by atoms with Gasteiger partial charge in [-0.15, -0.1) is 0 Å². The predicted octanol–water partition coefficient (Wildman–Crippen LogP) is 9.83. The van der Waals surface area contributed by atoms with E-state index >= 15 is 0 Å². The molecule has 0 atom stereocenters. The van der Waals surface area contributed by atoms with Crippen LogP contribution in [0.3, 0.4) is 0 Å². The first-order valence-electron chi connectivity index (χ1n) is 13.2. The van der Waals surface area contributed by atoms with Gasteiger partial charge in [0.15, 0.2) is 0 Å². The molecule has 0 N–H and O–H groups in total. The van der Waals surface area contributed by atoms with E-state index in [2.05, 4.69) is 125 Å². The molecule has 0 amide bonds. The van der Waals surface area contributed by atoms with Crippen molar-refractivity contribution in [2.75, 3.05) is 0 Å². The number of benzene rings is 5. The number of hydrogen-bond donors (Lipinski definition) is 0. The maximum absolute atomic E-state index is 6.60. The lowest BCUT2D eigenvalue weighted by atomic mass is 10.1. The van der Waals surface area contributed by atoms with Gasteiger partial charge in [-0.2, -0.15) is 0 Å². The second-order valence-corrected chi connectivity index (χ2v) is 9.81. The molecule has 0 aliphatic rings. The van der Waals surface area contributed by atoms with Crippen LogP contribution in [0.1, 0.15) is 5.56 Å². The summed E-state index contributed by atoms with van der Waals surface area (Å²) >= 11 is 0. The van der Waals surface area contributed by atoms with Gasteiger partial charge >= 0.3 is 0 Å². The molecule has 8 rings (SSSR count). The molecular formula is C36H24N2O. The Morgan fingerprint density at radius 2 is 1.10 bits per heavy atom. The third-order valence-electron chi connectivity index (χ3n) is 7.70. The normalized spacial score (nSPS) is 12.1. The van der Waals surface area contributed by atoms with Crippen LogP contribution in [0.5, 0.6) is 0 Å². The average Bonchev–Trinajstić information content (AvgIpc) is 3.63. The van der Waals surface area contributed by atoms with Gasteiger partial charge in [0.1, 0.15) is 5.58 Å². The fourth-order valence-corrected chi connectivity index (χ4v) is 6.14. The second kappa shape index (κ2) is 8.37. The van der Waals surface area contributed by atoms with E-state index in [0.29, 0.717) is 0 Å². The summed E-state index contributed by atoms with van der Waals surface area (Å²) in [7, 11) is 0. The van der Waals surface area contributed by atoms with E-state index in [9.17, 15) is 0 Å². The van der Waals surface area contributed by atoms with Crippen molar-refractivity contribution in [2.24, 2.45) is 0 Å². The number of rotatable bonds is 4. The topological polar surface area (TPSA) is 23.0 Å². The summed E-state index contributed by atoms with van der Waals surface area (Å²) in [5.74, 6) is 0.812. The largest absolute Gasteiger partial charge is 0.439 e. The van der Waals surface area contributed by atoms with Crippen LogP contribution in [0, 0.1) is 0 Å². The highest BCUT2D eigenvalue weighted by atomic mass is 16.4. The van der Waals surface area contributed by atoms with Crippen LogP contribution in [-0.2, 0) is 0 Å². The SMILES string of the molecule is C=C/C=C\c1c(-n2c3ccccc3c3c4c5ccccc5n(-c5ccccc5)c4ccc32)oc2ccccc12. The maximum atomic E-state index is 6.60. The zero-order chi connectivity index (χ0) is 25.9. The molecule has 0 saturated carbocycles. The average molecular weight is 501 g/mol. The van der Waals surface area contributed by atoms with Crippen LogP contribution in [0.2, 0.25) is 0 Å². The van der Waals surface area contributed by atoms with Gasteiger partial charge in [0, 0.05) is 38.2 Å². The quantitative estimate of drug-likeness (QED) is 0.221. The molecule has 5 aromatic carbocycles. The summed E-state index contributed by atoms with van der Waals surface area (Å²) in [5, 5.41) is 6.00. The lowest BCUT2D eigenvalue weighted by Gasteiger charge is -2.08. The van der Waals surface area contributed by atoms with Crippen molar-refractivity contribution in [3.63, 3.8) is 0 Å². The summed E-state index contributed by atoms with van der Waals surface area (Å²) in [4.78, 5) is 0. The number of fused-ring (bicyclic) bond motifs is 8. The van der Waals surface area contributed by atoms with Gasteiger partial charge in [0.05, 0.1) is 22.1 Å². The molecule has 0 radical (unpaired) electrons. The van der Waals surface area contributed by atoms with Crippen LogP contribution in [0.15, 0.2) is 138 Å². The van der Waals surface area contributed by atoms with Gasteiger partial charge in [-0.3, -0.25) is 4.57 Å². The van der Waals surface area contributed by atoms with Crippen molar-refractivity contribution >= 4 is 60.7 Å². The highest BCUT2D eigenvalue weighted by molar-refractivity contribution is 6.29. The van der Waals surface area contributed by atoms with Gasteiger partial charge in [0.25, 0.3) is 0 Å². The summed E-state index contributed by atoms with van der Waals surface area (Å²) in [6, 6.07) is 40.7. The van der Waals surface area contributed by atoms with Gasteiger partial charge in [-0.25, -0.2) is 0 Å². The number of nitrogens with zero attached hydrogens (tertiary/aromatic N) is 2. The number of hydrogen-bond acceptors (Lipinski definition) is 1. The van der Waals surface area contributed by atoms with Gasteiger partial charge in [-0.1, -0.05) is 91.5 Å². The van der Waals surface area contributed by atoms with Crippen molar-refractivity contribution in [3.05, 3.63) is 140 Å². The Kier molecular flexibility index (Phi) is 4.67. The van der Waals surface area contributed by atoms with Gasteiger partial charge < -0.3 is 8.98 Å². The molecule has 184 valence electrons. The van der Waals surface area contributed by atoms with Crippen molar-refractivity contribution < 1.29 is 4.42 Å². The lowest BCUT2D eigenvalue weighted by Crippen LogP contribution is -1.95. The Morgan fingerprint density at radius 3 is 1.79 bits per heavy atom. The molecule has 0 bridgehead atoms. The lowest BCUT2D eigenvalue weighted by molar-refractivity contribution is 0.589. The molecule has 0 aliphatic heterocycles. The number of para-hydroxylation sites is 4. The second-order valence-electron chi connectivity index (χ2n) is 9.81. The minimum atomic E-state index is 0.812.